The fourth-order valence-corrected chi connectivity index (χ4v) is 8.44. The second kappa shape index (κ2) is 60.9. The maximum atomic E-state index is 12.9. The smallest absolute Gasteiger partial charge is 0.306 e. The molecule has 0 aromatic carbocycles. The Kier molecular flexibility index (Phi) is 57.8. The van der Waals surface area contributed by atoms with E-state index in [1.165, 1.54) is 135 Å². The monoisotopic (exact) mass is 1010 g/mol. The third-order valence-electron chi connectivity index (χ3n) is 13.0. The molecule has 0 amide bonds. The van der Waals surface area contributed by atoms with Crippen LogP contribution in [0.25, 0.3) is 0 Å². The minimum Gasteiger partial charge on any atom is -0.462 e. The Morgan fingerprint density at radius 3 is 0.849 bits per heavy atom. The van der Waals surface area contributed by atoms with Crippen LogP contribution < -0.4 is 0 Å². The van der Waals surface area contributed by atoms with Gasteiger partial charge in [0.25, 0.3) is 0 Å². The van der Waals surface area contributed by atoms with Crippen molar-refractivity contribution in [2.24, 2.45) is 0 Å². The van der Waals surface area contributed by atoms with Crippen LogP contribution in [0.3, 0.4) is 0 Å². The van der Waals surface area contributed by atoms with E-state index in [1.807, 2.05) is 0 Å². The lowest BCUT2D eigenvalue weighted by Gasteiger charge is -2.18. The first kappa shape index (κ1) is 69.3. The molecular weight excluding hydrogens is 901 g/mol. The van der Waals surface area contributed by atoms with Crippen LogP contribution in [-0.2, 0) is 28.6 Å². The number of carbonyl (C=O) groups excluding carboxylic acids is 3. The summed E-state index contributed by atoms with van der Waals surface area (Å²) in [6.45, 7) is 6.49. The molecule has 0 fully saturated rings. The number of hydrogen-bond donors (Lipinski definition) is 0. The minimum absolute atomic E-state index is 0.0943. The van der Waals surface area contributed by atoms with Gasteiger partial charge in [-0.15, -0.1) is 0 Å². The molecule has 418 valence electrons. The molecule has 0 aliphatic rings. The van der Waals surface area contributed by atoms with E-state index < -0.39 is 6.10 Å². The molecule has 0 heterocycles. The van der Waals surface area contributed by atoms with Gasteiger partial charge in [0.15, 0.2) is 6.10 Å². The first-order valence-electron chi connectivity index (χ1n) is 30.7. The van der Waals surface area contributed by atoms with Gasteiger partial charge in [-0.2, -0.15) is 0 Å². The third kappa shape index (κ3) is 59.1. The normalized spacial score (nSPS) is 12.8. The van der Waals surface area contributed by atoms with E-state index >= 15 is 0 Å². The number of rotatable bonds is 55. The lowest BCUT2D eigenvalue weighted by Crippen LogP contribution is -2.30. The largest absolute Gasteiger partial charge is 0.462 e. The van der Waals surface area contributed by atoms with Gasteiger partial charge in [-0.25, -0.2) is 0 Å². The summed E-state index contributed by atoms with van der Waals surface area (Å²) in [4.78, 5) is 38.3. The van der Waals surface area contributed by atoms with Crippen molar-refractivity contribution < 1.29 is 28.6 Å². The number of unbranched alkanes of at least 4 members (excludes halogenated alkanes) is 28. The van der Waals surface area contributed by atoms with Gasteiger partial charge >= 0.3 is 17.9 Å². The lowest BCUT2D eigenvalue weighted by molar-refractivity contribution is -0.167. The maximum absolute atomic E-state index is 12.9. The zero-order chi connectivity index (χ0) is 52.9. The van der Waals surface area contributed by atoms with Crippen LogP contribution in [0.5, 0.6) is 0 Å². The van der Waals surface area contributed by atoms with Crippen LogP contribution in [0.1, 0.15) is 290 Å². The van der Waals surface area contributed by atoms with E-state index in [1.54, 1.807) is 0 Å². The predicted octanol–water partition coefficient (Wildman–Crippen LogP) is 20.9. The number of carbonyl (C=O) groups is 3. The van der Waals surface area contributed by atoms with E-state index in [-0.39, 0.29) is 31.1 Å². The average Bonchev–Trinajstić information content (AvgIpc) is 3.39. The summed E-state index contributed by atoms with van der Waals surface area (Å²) in [7, 11) is 0. The van der Waals surface area contributed by atoms with Gasteiger partial charge in [0.1, 0.15) is 13.2 Å². The highest BCUT2D eigenvalue weighted by Gasteiger charge is 2.19. The Hall–Kier alpha value is -3.67. The molecule has 0 aliphatic heterocycles. The Labute approximate surface area is 451 Å². The minimum atomic E-state index is -0.800. The number of esters is 3. The van der Waals surface area contributed by atoms with Crippen molar-refractivity contribution in [2.45, 2.75) is 297 Å². The van der Waals surface area contributed by atoms with Crippen molar-refractivity contribution in [3.8, 4) is 0 Å². The van der Waals surface area contributed by atoms with Crippen LogP contribution in [0, 0.1) is 0 Å². The van der Waals surface area contributed by atoms with E-state index in [0.717, 1.165) is 116 Å². The molecule has 1 atom stereocenters. The van der Waals surface area contributed by atoms with Crippen LogP contribution in [0.2, 0.25) is 0 Å². The summed E-state index contributed by atoms with van der Waals surface area (Å²) in [5.41, 5.74) is 0. The quantitative estimate of drug-likeness (QED) is 0.0261. The second-order valence-electron chi connectivity index (χ2n) is 20.2. The highest BCUT2D eigenvalue weighted by atomic mass is 16.6. The van der Waals surface area contributed by atoms with Crippen LogP contribution in [0.4, 0.5) is 0 Å². The Bertz CT molecular complexity index is 1440. The zero-order valence-corrected chi connectivity index (χ0v) is 47.9. The number of allylic oxidation sites excluding steroid dienone is 16. The fraction of sp³-hybridized carbons (Fsp3) is 0.716. The summed E-state index contributed by atoms with van der Waals surface area (Å²) in [5, 5.41) is 0. The summed E-state index contributed by atoms with van der Waals surface area (Å²) >= 11 is 0. The highest BCUT2D eigenvalue weighted by molar-refractivity contribution is 5.71. The molecule has 0 bridgehead atoms. The van der Waals surface area contributed by atoms with Gasteiger partial charge in [0, 0.05) is 19.3 Å². The van der Waals surface area contributed by atoms with Gasteiger partial charge in [0.2, 0.25) is 0 Å². The Morgan fingerprint density at radius 1 is 0.288 bits per heavy atom. The summed E-state index contributed by atoms with van der Waals surface area (Å²) in [5.74, 6) is -0.929. The summed E-state index contributed by atoms with van der Waals surface area (Å²) < 4.78 is 16.9. The van der Waals surface area contributed by atoms with Crippen molar-refractivity contribution in [1.82, 2.24) is 0 Å². The van der Waals surface area contributed by atoms with E-state index in [9.17, 15) is 14.4 Å². The van der Waals surface area contributed by atoms with Crippen LogP contribution in [0.15, 0.2) is 97.2 Å². The molecule has 0 rings (SSSR count). The van der Waals surface area contributed by atoms with Crippen LogP contribution in [-0.4, -0.2) is 37.2 Å². The van der Waals surface area contributed by atoms with Gasteiger partial charge < -0.3 is 14.2 Å². The molecule has 6 nitrogen and oxygen atoms in total. The first-order valence-corrected chi connectivity index (χ1v) is 30.7. The van der Waals surface area contributed by atoms with Crippen LogP contribution >= 0.6 is 0 Å². The second-order valence-corrected chi connectivity index (χ2v) is 20.2. The van der Waals surface area contributed by atoms with E-state index in [2.05, 4.69) is 118 Å². The van der Waals surface area contributed by atoms with E-state index in [4.69, 9.17) is 14.2 Å². The molecule has 0 aromatic heterocycles. The third-order valence-corrected chi connectivity index (χ3v) is 13.0. The summed E-state index contributed by atoms with van der Waals surface area (Å²) in [6.07, 6.45) is 81.1. The number of ether oxygens (including phenoxy) is 3. The van der Waals surface area contributed by atoms with Gasteiger partial charge in [-0.3, -0.25) is 14.4 Å². The molecule has 0 radical (unpaired) electrons. The van der Waals surface area contributed by atoms with Crippen molar-refractivity contribution >= 4 is 17.9 Å². The topological polar surface area (TPSA) is 78.9 Å². The molecule has 0 saturated carbocycles. The fourth-order valence-electron chi connectivity index (χ4n) is 8.44. The lowest BCUT2D eigenvalue weighted by atomic mass is 10.1. The molecule has 0 N–H and O–H groups in total. The first-order chi connectivity index (χ1) is 36.0. The molecule has 73 heavy (non-hydrogen) atoms. The molecule has 6 heteroatoms. The Morgan fingerprint density at radius 2 is 0.534 bits per heavy atom. The highest BCUT2D eigenvalue weighted by Crippen LogP contribution is 2.15. The molecule has 0 spiro atoms. The van der Waals surface area contributed by atoms with Crippen molar-refractivity contribution in [1.29, 1.82) is 0 Å². The molecular formula is C67H114O6. The van der Waals surface area contributed by atoms with Crippen molar-refractivity contribution in [3.63, 3.8) is 0 Å². The van der Waals surface area contributed by atoms with Gasteiger partial charge in [-0.05, 0) is 122 Å². The zero-order valence-electron chi connectivity index (χ0n) is 47.9. The SMILES string of the molecule is CC/C=C\C/C=C\C/C=C\C/C=C\CCCCCCC(=O)OC(COC(=O)CCCCCCCC/C=C\C/C=C\C/C=C\CCCCCCC)COC(=O)CCCCCCCCC/C=C\CCCCCCCC. The van der Waals surface area contributed by atoms with E-state index in [0.29, 0.717) is 19.3 Å². The van der Waals surface area contributed by atoms with Gasteiger partial charge in [0.05, 0.1) is 0 Å². The molecule has 0 aromatic rings. The molecule has 0 aliphatic carbocycles. The molecule has 0 saturated heterocycles. The van der Waals surface area contributed by atoms with Crippen molar-refractivity contribution in [2.75, 3.05) is 13.2 Å². The summed E-state index contributed by atoms with van der Waals surface area (Å²) in [6, 6.07) is 0. The Balaban J connectivity index is 4.45. The average molecular weight is 1020 g/mol. The van der Waals surface area contributed by atoms with Crippen molar-refractivity contribution in [3.05, 3.63) is 97.2 Å². The predicted molar refractivity (Wildman–Crippen MR) is 316 cm³/mol. The molecule has 1 unspecified atom stereocenters. The standard InChI is InChI=1S/C67H114O6/c1-4-7-10-13-16-19-22-25-28-31-32-33-34-37-39-42-45-48-51-54-57-60-66(69)72-63-64(73-67(70)61-58-55-52-49-46-43-40-36-30-27-24-21-18-15-12-9-6-3)62-71-65(68)59-56-53-50-47-44-41-38-35-29-26-23-20-17-14-11-8-5-2/h9,12,18,21-22,25-27,29-32,34,37,40,43,64H,4-8,10-11,13-17,19-20,23-24,28,33,35-36,38-39,41-42,44-63H2,1-3H3/b12-9-,21-18-,25-22-,29-26-,30-27-,32-31-,37-34-,43-40-. The maximum Gasteiger partial charge on any atom is 0.306 e. The van der Waals surface area contributed by atoms with Gasteiger partial charge in [-0.1, -0.05) is 246 Å². The number of hydrogen-bond acceptors (Lipinski definition) is 6.